The molecule has 0 radical (unpaired) electrons. The minimum absolute atomic E-state index is 0.0195. The number of amides is 2. The molecule has 0 spiro atoms. The molecule has 1 aromatic carbocycles. The van der Waals surface area contributed by atoms with Gasteiger partial charge in [-0.25, -0.2) is 17.5 Å². The van der Waals surface area contributed by atoms with E-state index < -0.39 is 10.0 Å². The Morgan fingerprint density at radius 2 is 1.91 bits per heavy atom. The van der Waals surface area contributed by atoms with Gasteiger partial charge in [-0.3, -0.25) is 0 Å². The minimum Gasteiger partial charge on any atom is -0.335 e. The molecule has 2 N–H and O–H groups in total. The van der Waals surface area contributed by atoms with Crippen molar-refractivity contribution in [3.63, 3.8) is 0 Å². The summed E-state index contributed by atoms with van der Waals surface area (Å²) in [5.41, 5.74) is 1.49. The summed E-state index contributed by atoms with van der Waals surface area (Å²) in [7, 11) is -3.15. The van der Waals surface area contributed by atoms with E-state index in [0.717, 1.165) is 5.56 Å². The number of benzene rings is 1. The van der Waals surface area contributed by atoms with Gasteiger partial charge in [-0.05, 0) is 30.5 Å². The number of carbonyl (C=O) groups is 1. The van der Waals surface area contributed by atoms with Crippen LogP contribution in [0.25, 0.3) is 0 Å². The summed E-state index contributed by atoms with van der Waals surface area (Å²) in [6.45, 7) is 1.23. The summed E-state index contributed by atoms with van der Waals surface area (Å²) in [4.78, 5) is 11.9. The van der Waals surface area contributed by atoms with E-state index in [4.69, 9.17) is 5.26 Å². The van der Waals surface area contributed by atoms with Crippen LogP contribution in [0.3, 0.4) is 0 Å². The molecule has 1 heterocycles. The number of nitrogens with zero attached hydrogens (tertiary/aromatic N) is 2. The van der Waals surface area contributed by atoms with Crippen LogP contribution in [0.5, 0.6) is 0 Å². The Balaban J connectivity index is 1.74. The van der Waals surface area contributed by atoms with E-state index in [1.165, 1.54) is 10.6 Å². The van der Waals surface area contributed by atoms with Crippen LogP contribution >= 0.6 is 0 Å². The first-order valence-corrected chi connectivity index (χ1v) is 9.22. The van der Waals surface area contributed by atoms with Crippen molar-refractivity contribution in [2.24, 2.45) is 0 Å². The third-order valence-electron chi connectivity index (χ3n) is 3.79. The molecule has 0 aromatic heterocycles. The van der Waals surface area contributed by atoms with E-state index in [1.807, 2.05) is 6.07 Å². The van der Waals surface area contributed by atoms with E-state index in [2.05, 4.69) is 10.6 Å². The Hall–Kier alpha value is -2.11. The highest BCUT2D eigenvalue weighted by Gasteiger charge is 2.25. The number of urea groups is 1. The van der Waals surface area contributed by atoms with Gasteiger partial charge in [0.1, 0.15) is 0 Å². The second kappa shape index (κ2) is 7.44. The molecule has 1 aromatic rings. The summed E-state index contributed by atoms with van der Waals surface area (Å²) >= 11 is 0. The van der Waals surface area contributed by atoms with Gasteiger partial charge in [0.15, 0.2) is 0 Å². The number of sulfonamides is 1. The summed E-state index contributed by atoms with van der Waals surface area (Å²) in [6, 6.07) is 8.75. The van der Waals surface area contributed by atoms with Gasteiger partial charge in [-0.2, -0.15) is 5.26 Å². The van der Waals surface area contributed by atoms with Crippen molar-refractivity contribution in [1.82, 2.24) is 14.9 Å². The number of piperidine rings is 1. The van der Waals surface area contributed by atoms with Crippen molar-refractivity contribution in [3.8, 4) is 6.07 Å². The van der Waals surface area contributed by atoms with Gasteiger partial charge in [0.05, 0.1) is 17.9 Å². The van der Waals surface area contributed by atoms with E-state index in [1.54, 1.807) is 24.3 Å². The lowest BCUT2D eigenvalue weighted by Gasteiger charge is -2.30. The predicted octanol–water partition coefficient (Wildman–Crippen LogP) is 0.781. The smallest absolute Gasteiger partial charge is 0.315 e. The summed E-state index contributed by atoms with van der Waals surface area (Å²) < 4.78 is 24.3. The fourth-order valence-corrected chi connectivity index (χ4v) is 3.32. The highest BCUT2D eigenvalue weighted by atomic mass is 32.2. The normalized spacial score (nSPS) is 16.5. The van der Waals surface area contributed by atoms with Gasteiger partial charge in [0.2, 0.25) is 10.0 Å². The quantitative estimate of drug-likeness (QED) is 0.848. The lowest BCUT2D eigenvalue weighted by molar-refractivity contribution is 0.227. The van der Waals surface area contributed by atoms with Gasteiger partial charge < -0.3 is 10.6 Å². The summed E-state index contributed by atoms with van der Waals surface area (Å²) in [6.07, 6.45) is 2.42. The van der Waals surface area contributed by atoms with Crippen LogP contribution in [0.15, 0.2) is 24.3 Å². The van der Waals surface area contributed by atoms with E-state index in [-0.39, 0.29) is 12.1 Å². The van der Waals surface area contributed by atoms with Crippen LogP contribution in [0, 0.1) is 11.3 Å². The van der Waals surface area contributed by atoms with Crippen LogP contribution in [0.2, 0.25) is 0 Å². The first-order valence-electron chi connectivity index (χ1n) is 7.37. The summed E-state index contributed by atoms with van der Waals surface area (Å²) in [5, 5.41) is 14.3. The molecule has 7 nitrogen and oxygen atoms in total. The molecule has 1 aliphatic rings. The molecule has 1 aliphatic heterocycles. The lowest BCUT2D eigenvalue weighted by atomic mass is 10.1. The third-order valence-corrected chi connectivity index (χ3v) is 5.10. The standard InChI is InChI=1S/C15H20N4O3S/c1-23(21,22)19-8-6-14(7-9-19)18-15(20)17-11-13-4-2-12(10-16)3-5-13/h2-5,14H,6-9,11H2,1H3,(H2,17,18,20). The van der Waals surface area contributed by atoms with Crippen LogP contribution in [0.4, 0.5) is 4.79 Å². The molecular formula is C15H20N4O3S. The van der Waals surface area contributed by atoms with Crippen LogP contribution in [0.1, 0.15) is 24.0 Å². The number of hydrogen-bond acceptors (Lipinski definition) is 4. The van der Waals surface area contributed by atoms with E-state index in [9.17, 15) is 13.2 Å². The van der Waals surface area contributed by atoms with Crippen molar-refractivity contribution in [3.05, 3.63) is 35.4 Å². The predicted molar refractivity (Wildman–Crippen MR) is 86.0 cm³/mol. The molecule has 0 aliphatic carbocycles. The second-order valence-corrected chi connectivity index (χ2v) is 7.55. The average molecular weight is 336 g/mol. The highest BCUT2D eigenvalue weighted by Crippen LogP contribution is 2.13. The number of nitrogens with one attached hydrogen (secondary N) is 2. The first kappa shape index (κ1) is 17.2. The Bertz CT molecular complexity index is 686. The molecule has 23 heavy (non-hydrogen) atoms. The van der Waals surface area contributed by atoms with Crippen LogP contribution in [-0.2, 0) is 16.6 Å². The monoisotopic (exact) mass is 336 g/mol. The topological polar surface area (TPSA) is 102 Å². The van der Waals surface area contributed by atoms with E-state index >= 15 is 0 Å². The molecule has 0 atom stereocenters. The van der Waals surface area contributed by atoms with Gasteiger partial charge >= 0.3 is 6.03 Å². The number of hydrogen-bond donors (Lipinski definition) is 2. The molecule has 2 amide bonds. The van der Waals surface area contributed by atoms with Crippen LogP contribution in [-0.4, -0.2) is 44.1 Å². The SMILES string of the molecule is CS(=O)(=O)N1CCC(NC(=O)NCc2ccc(C#N)cc2)CC1. The van der Waals surface area contributed by atoms with Gasteiger partial charge in [0, 0.05) is 25.7 Å². The number of carbonyl (C=O) groups excluding carboxylic acids is 1. The Kier molecular flexibility index (Phi) is 5.58. The van der Waals surface area contributed by atoms with Gasteiger partial charge in [0.25, 0.3) is 0 Å². The molecule has 1 fully saturated rings. The zero-order chi connectivity index (χ0) is 16.9. The maximum atomic E-state index is 11.9. The van der Waals surface area contributed by atoms with Crippen LogP contribution < -0.4 is 10.6 Å². The Labute approximate surface area is 136 Å². The fraction of sp³-hybridized carbons (Fsp3) is 0.467. The fourth-order valence-electron chi connectivity index (χ4n) is 2.45. The first-order chi connectivity index (χ1) is 10.9. The zero-order valence-electron chi connectivity index (χ0n) is 12.9. The third kappa shape index (κ3) is 5.23. The van der Waals surface area contributed by atoms with E-state index in [0.29, 0.717) is 38.0 Å². The van der Waals surface area contributed by atoms with Crippen molar-refractivity contribution in [2.45, 2.75) is 25.4 Å². The van der Waals surface area contributed by atoms with Gasteiger partial charge in [-0.15, -0.1) is 0 Å². The molecule has 0 saturated carbocycles. The molecule has 0 bridgehead atoms. The second-order valence-electron chi connectivity index (χ2n) is 5.57. The largest absolute Gasteiger partial charge is 0.335 e. The average Bonchev–Trinajstić information content (AvgIpc) is 2.53. The highest BCUT2D eigenvalue weighted by molar-refractivity contribution is 7.88. The van der Waals surface area contributed by atoms with Crippen molar-refractivity contribution in [1.29, 1.82) is 5.26 Å². The number of rotatable bonds is 4. The lowest BCUT2D eigenvalue weighted by Crippen LogP contribution is -2.48. The molecule has 124 valence electrons. The maximum absolute atomic E-state index is 11.9. The molecule has 2 rings (SSSR count). The molecule has 0 unspecified atom stereocenters. The molecule has 1 saturated heterocycles. The summed E-state index contributed by atoms with van der Waals surface area (Å²) in [5.74, 6) is 0. The minimum atomic E-state index is -3.15. The number of nitriles is 1. The van der Waals surface area contributed by atoms with Crippen molar-refractivity contribution in [2.75, 3.05) is 19.3 Å². The Morgan fingerprint density at radius 3 is 2.43 bits per heavy atom. The van der Waals surface area contributed by atoms with Gasteiger partial charge in [-0.1, -0.05) is 12.1 Å². The van der Waals surface area contributed by atoms with Crippen molar-refractivity contribution >= 4 is 16.1 Å². The maximum Gasteiger partial charge on any atom is 0.315 e. The van der Waals surface area contributed by atoms with Crippen molar-refractivity contribution < 1.29 is 13.2 Å². The zero-order valence-corrected chi connectivity index (χ0v) is 13.8. The molecule has 8 heteroatoms. The Morgan fingerprint density at radius 1 is 1.30 bits per heavy atom. The molecular weight excluding hydrogens is 316 g/mol.